The summed E-state index contributed by atoms with van der Waals surface area (Å²) in [7, 11) is 0. The molecule has 19 heavy (non-hydrogen) atoms. The second kappa shape index (κ2) is 7.51. The number of unbranched alkanes of at least 4 members (excludes halogenated alkanes) is 1. The number of nitrogens with zero attached hydrogens (tertiary/aromatic N) is 1. The van der Waals surface area contributed by atoms with Crippen LogP contribution in [0.25, 0.3) is 0 Å². The number of piperazine rings is 1. The molecule has 0 aromatic rings. The zero-order valence-corrected chi connectivity index (χ0v) is 12.7. The summed E-state index contributed by atoms with van der Waals surface area (Å²) in [6.45, 7) is 9.24. The van der Waals surface area contributed by atoms with Crippen LogP contribution in [0.1, 0.15) is 53.4 Å². The van der Waals surface area contributed by atoms with Crippen molar-refractivity contribution in [1.82, 2.24) is 10.2 Å². The van der Waals surface area contributed by atoms with Crippen molar-refractivity contribution in [3.8, 4) is 0 Å². The molecule has 2 atom stereocenters. The lowest BCUT2D eigenvalue weighted by Crippen LogP contribution is -2.61. The summed E-state index contributed by atoms with van der Waals surface area (Å²) in [4.78, 5) is 25.9. The summed E-state index contributed by atoms with van der Waals surface area (Å²) < 4.78 is 0. The zero-order valence-electron chi connectivity index (χ0n) is 12.7. The lowest BCUT2D eigenvalue weighted by Gasteiger charge is -2.39. The van der Waals surface area contributed by atoms with Gasteiger partial charge in [0.1, 0.15) is 6.04 Å². The van der Waals surface area contributed by atoms with Crippen molar-refractivity contribution in [1.29, 1.82) is 0 Å². The van der Waals surface area contributed by atoms with Gasteiger partial charge in [-0.05, 0) is 18.3 Å². The average molecular weight is 268 g/mol. The molecule has 0 spiro atoms. The number of nitrogens with one attached hydrogen (secondary N) is 1. The van der Waals surface area contributed by atoms with Crippen LogP contribution in [0.5, 0.6) is 0 Å². The molecular weight excluding hydrogens is 240 g/mol. The van der Waals surface area contributed by atoms with E-state index < -0.39 is 0 Å². The maximum absolute atomic E-state index is 12.1. The molecule has 0 aromatic heterocycles. The van der Waals surface area contributed by atoms with Crippen molar-refractivity contribution >= 4 is 11.8 Å². The van der Waals surface area contributed by atoms with Crippen molar-refractivity contribution in [2.75, 3.05) is 13.1 Å². The second-order valence-electron chi connectivity index (χ2n) is 5.87. The number of hydrogen-bond acceptors (Lipinski definition) is 2. The van der Waals surface area contributed by atoms with Crippen LogP contribution in [-0.4, -0.2) is 35.8 Å². The number of carbonyl (C=O) groups excluding carboxylic acids is 2. The number of rotatable bonds is 7. The quantitative estimate of drug-likeness (QED) is 0.769. The molecule has 0 aromatic carbocycles. The van der Waals surface area contributed by atoms with Crippen LogP contribution in [0.3, 0.4) is 0 Å². The molecule has 0 radical (unpaired) electrons. The van der Waals surface area contributed by atoms with E-state index in [1.165, 1.54) is 12.8 Å². The van der Waals surface area contributed by atoms with Crippen LogP contribution in [0, 0.1) is 11.8 Å². The molecule has 1 N–H and O–H groups in total. The fourth-order valence-corrected chi connectivity index (χ4v) is 2.74. The van der Waals surface area contributed by atoms with E-state index in [0.717, 1.165) is 19.4 Å². The van der Waals surface area contributed by atoms with Gasteiger partial charge in [-0.15, -0.1) is 0 Å². The Hall–Kier alpha value is -1.06. The van der Waals surface area contributed by atoms with Gasteiger partial charge in [0.2, 0.25) is 11.8 Å². The van der Waals surface area contributed by atoms with E-state index in [9.17, 15) is 9.59 Å². The van der Waals surface area contributed by atoms with Gasteiger partial charge in [0.05, 0.1) is 6.54 Å². The maximum atomic E-state index is 12.1. The largest absolute Gasteiger partial charge is 0.345 e. The van der Waals surface area contributed by atoms with E-state index in [4.69, 9.17) is 0 Å². The molecule has 4 heteroatoms. The molecule has 1 aliphatic rings. The Bertz CT molecular complexity index is 315. The smallest absolute Gasteiger partial charge is 0.243 e. The van der Waals surface area contributed by atoms with Crippen molar-refractivity contribution in [2.45, 2.75) is 59.4 Å². The summed E-state index contributed by atoms with van der Waals surface area (Å²) in [6.07, 6.45) is 4.58. The fourth-order valence-electron chi connectivity index (χ4n) is 2.74. The topological polar surface area (TPSA) is 49.4 Å². The van der Waals surface area contributed by atoms with Crippen molar-refractivity contribution < 1.29 is 9.59 Å². The molecule has 1 fully saturated rings. The Kier molecular flexibility index (Phi) is 6.32. The number of amides is 2. The molecule has 0 saturated carbocycles. The van der Waals surface area contributed by atoms with Crippen LogP contribution in [-0.2, 0) is 9.59 Å². The summed E-state index contributed by atoms with van der Waals surface area (Å²) in [5.74, 6) is 0.733. The standard InChI is InChI=1S/C15H28N2O2/c1-5-7-8-12(6-2)10-17-13(18)9-16-15(19)14(17)11(3)4/h11-12,14H,5-10H2,1-4H3,(H,16,19). The Labute approximate surface area is 116 Å². The summed E-state index contributed by atoms with van der Waals surface area (Å²) in [5, 5.41) is 2.70. The Morgan fingerprint density at radius 1 is 1.32 bits per heavy atom. The van der Waals surface area contributed by atoms with Gasteiger partial charge in [-0.1, -0.05) is 47.0 Å². The van der Waals surface area contributed by atoms with E-state index in [0.29, 0.717) is 5.92 Å². The third-order valence-electron chi connectivity index (χ3n) is 3.97. The first kappa shape index (κ1) is 16.0. The first-order valence-corrected chi connectivity index (χ1v) is 7.58. The van der Waals surface area contributed by atoms with E-state index in [1.54, 1.807) is 0 Å². The van der Waals surface area contributed by atoms with E-state index in [2.05, 4.69) is 19.2 Å². The van der Waals surface area contributed by atoms with Gasteiger partial charge in [-0.2, -0.15) is 0 Å². The molecule has 0 aliphatic carbocycles. The fraction of sp³-hybridized carbons (Fsp3) is 0.867. The van der Waals surface area contributed by atoms with Gasteiger partial charge in [-0.25, -0.2) is 0 Å². The normalized spacial score (nSPS) is 21.7. The molecule has 2 amide bonds. The Balaban J connectivity index is 2.74. The average Bonchev–Trinajstić information content (AvgIpc) is 2.37. The summed E-state index contributed by atoms with van der Waals surface area (Å²) in [5.41, 5.74) is 0. The minimum absolute atomic E-state index is 0.0000513. The minimum atomic E-state index is -0.295. The van der Waals surface area contributed by atoms with Gasteiger partial charge in [0, 0.05) is 6.54 Å². The van der Waals surface area contributed by atoms with E-state index in [-0.39, 0.29) is 30.3 Å². The van der Waals surface area contributed by atoms with Gasteiger partial charge < -0.3 is 10.2 Å². The third-order valence-corrected chi connectivity index (χ3v) is 3.97. The molecule has 110 valence electrons. The summed E-state index contributed by atoms with van der Waals surface area (Å²) in [6, 6.07) is -0.295. The first-order chi connectivity index (χ1) is 9.01. The molecule has 0 bridgehead atoms. The highest BCUT2D eigenvalue weighted by atomic mass is 16.2. The van der Waals surface area contributed by atoms with Crippen LogP contribution in [0.4, 0.5) is 0 Å². The Morgan fingerprint density at radius 2 is 2.00 bits per heavy atom. The molecule has 1 aliphatic heterocycles. The van der Waals surface area contributed by atoms with Crippen LogP contribution in [0.15, 0.2) is 0 Å². The van der Waals surface area contributed by atoms with E-state index in [1.807, 2.05) is 18.7 Å². The molecule has 1 rings (SSSR count). The molecule has 1 heterocycles. The predicted molar refractivity (Wildman–Crippen MR) is 76.7 cm³/mol. The van der Waals surface area contributed by atoms with Crippen molar-refractivity contribution in [3.63, 3.8) is 0 Å². The van der Waals surface area contributed by atoms with Crippen molar-refractivity contribution in [3.05, 3.63) is 0 Å². The second-order valence-corrected chi connectivity index (χ2v) is 5.87. The predicted octanol–water partition coefficient (Wildman–Crippen LogP) is 2.19. The SMILES string of the molecule is CCCCC(CC)CN1C(=O)CNC(=O)C1C(C)C. The van der Waals surface area contributed by atoms with Crippen LogP contribution in [0.2, 0.25) is 0 Å². The lowest BCUT2D eigenvalue weighted by atomic mass is 9.94. The first-order valence-electron chi connectivity index (χ1n) is 7.58. The highest BCUT2D eigenvalue weighted by Crippen LogP contribution is 2.20. The molecule has 2 unspecified atom stereocenters. The number of carbonyl (C=O) groups is 2. The minimum Gasteiger partial charge on any atom is -0.345 e. The number of hydrogen-bond donors (Lipinski definition) is 1. The highest BCUT2D eigenvalue weighted by Gasteiger charge is 2.37. The van der Waals surface area contributed by atoms with Crippen molar-refractivity contribution in [2.24, 2.45) is 11.8 Å². The summed E-state index contributed by atoms with van der Waals surface area (Å²) >= 11 is 0. The van der Waals surface area contributed by atoms with Gasteiger partial charge in [0.15, 0.2) is 0 Å². The van der Waals surface area contributed by atoms with Crippen LogP contribution >= 0.6 is 0 Å². The van der Waals surface area contributed by atoms with Gasteiger partial charge in [-0.3, -0.25) is 9.59 Å². The lowest BCUT2D eigenvalue weighted by molar-refractivity contribution is -0.148. The van der Waals surface area contributed by atoms with Gasteiger partial charge in [0.25, 0.3) is 0 Å². The third kappa shape index (κ3) is 4.22. The highest BCUT2D eigenvalue weighted by molar-refractivity contribution is 5.94. The monoisotopic (exact) mass is 268 g/mol. The van der Waals surface area contributed by atoms with Crippen LogP contribution < -0.4 is 5.32 Å². The molecular formula is C15H28N2O2. The maximum Gasteiger partial charge on any atom is 0.243 e. The molecule has 1 saturated heterocycles. The molecule has 4 nitrogen and oxygen atoms in total. The Morgan fingerprint density at radius 3 is 2.53 bits per heavy atom. The van der Waals surface area contributed by atoms with Gasteiger partial charge >= 0.3 is 0 Å². The zero-order chi connectivity index (χ0) is 14.4. The van der Waals surface area contributed by atoms with E-state index >= 15 is 0 Å².